The van der Waals surface area contributed by atoms with E-state index in [1.165, 1.54) is 5.56 Å². The van der Waals surface area contributed by atoms with Crippen molar-refractivity contribution in [1.29, 1.82) is 0 Å². The fraction of sp³-hybridized carbons (Fsp3) is 0.133. The minimum Gasteiger partial charge on any atom is -0.468 e. The highest BCUT2D eigenvalue weighted by atomic mass is 16.3. The van der Waals surface area contributed by atoms with Crippen LogP contribution in [0, 0.1) is 0 Å². The minimum absolute atomic E-state index is 0.412. The first-order valence-electron chi connectivity index (χ1n) is 6.20. The lowest BCUT2D eigenvalue weighted by atomic mass is 10.1. The second kappa shape index (κ2) is 5.12. The molecular formula is C15H15N3O. The zero-order valence-electron chi connectivity index (χ0n) is 10.5. The lowest BCUT2D eigenvalue weighted by Gasteiger charge is -2.01. The van der Waals surface area contributed by atoms with Crippen LogP contribution < -0.4 is 5.73 Å². The summed E-state index contributed by atoms with van der Waals surface area (Å²) in [5.74, 6) is 0.816. The van der Waals surface area contributed by atoms with Gasteiger partial charge < -0.3 is 10.2 Å². The highest BCUT2D eigenvalue weighted by Gasteiger charge is 2.07. The van der Waals surface area contributed by atoms with Gasteiger partial charge in [-0.2, -0.15) is 5.10 Å². The number of aromatic nitrogens is 2. The summed E-state index contributed by atoms with van der Waals surface area (Å²) in [4.78, 5) is 0. The fourth-order valence-corrected chi connectivity index (χ4v) is 2.09. The average molecular weight is 253 g/mol. The molecule has 0 aliphatic rings. The maximum atomic E-state index is 5.62. The Labute approximate surface area is 111 Å². The van der Waals surface area contributed by atoms with Crippen molar-refractivity contribution in [2.75, 3.05) is 0 Å². The predicted molar refractivity (Wildman–Crippen MR) is 73.4 cm³/mol. The van der Waals surface area contributed by atoms with Gasteiger partial charge >= 0.3 is 0 Å². The molecule has 0 spiro atoms. The van der Waals surface area contributed by atoms with E-state index in [-0.39, 0.29) is 0 Å². The number of hydrogen-bond acceptors (Lipinski definition) is 3. The summed E-state index contributed by atoms with van der Waals surface area (Å²) in [6.45, 7) is 1.09. The zero-order chi connectivity index (χ0) is 13.1. The third kappa shape index (κ3) is 2.44. The average Bonchev–Trinajstić information content (AvgIpc) is 3.09. The molecule has 1 aromatic carbocycles. The van der Waals surface area contributed by atoms with E-state index in [9.17, 15) is 0 Å². The van der Waals surface area contributed by atoms with Crippen LogP contribution in [0.1, 0.15) is 11.3 Å². The summed E-state index contributed by atoms with van der Waals surface area (Å²) < 4.78 is 7.21. The number of nitrogens with zero attached hydrogens (tertiary/aromatic N) is 2. The van der Waals surface area contributed by atoms with E-state index in [2.05, 4.69) is 17.2 Å². The van der Waals surface area contributed by atoms with Crippen molar-refractivity contribution < 1.29 is 4.42 Å². The molecule has 0 saturated heterocycles. The summed E-state index contributed by atoms with van der Waals surface area (Å²) in [5, 5.41) is 4.38. The van der Waals surface area contributed by atoms with Crippen molar-refractivity contribution in [3.63, 3.8) is 0 Å². The Hall–Kier alpha value is -2.33. The van der Waals surface area contributed by atoms with Gasteiger partial charge in [-0.25, -0.2) is 0 Å². The Kier molecular flexibility index (Phi) is 3.16. The monoisotopic (exact) mass is 253 g/mol. The van der Waals surface area contributed by atoms with Crippen LogP contribution in [-0.4, -0.2) is 9.78 Å². The highest BCUT2D eigenvalue weighted by molar-refractivity contribution is 5.61. The molecule has 2 heterocycles. The van der Waals surface area contributed by atoms with E-state index in [4.69, 9.17) is 10.2 Å². The van der Waals surface area contributed by atoms with Crippen molar-refractivity contribution in [3.8, 4) is 11.1 Å². The van der Waals surface area contributed by atoms with E-state index < -0.39 is 0 Å². The Bertz CT molecular complexity index is 655. The first-order chi connectivity index (χ1) is 9.36. The molecule has 0 radical (unpaired) electrons. The Balaban J connectivity index is 1.82. The van der Waals surface area contributed by atoms with Gasteiger partial charge in [0.25, 0.3) is 0 Å². The van der Waals surface area contributed by atoms with E-state index in [0.29, 0.717) is 13.1 Å². The summed E-state index contributed by atoms with van der Waals surface area (Å²) in [5.41, 5.74) is 8.97. The molecule has 0 atom stereocenters. The molecule has 2 aromatic heterocycles. The van der Waals surface area contributed by atoms with Crippen LogP contribution in [-0.2, 0) is 13.1 Å². The quantitative estimate of drug-likeness (QED) is 0.777. The molecule has 0 saturated carbocycles. The summed E-state index contributed by atoms with van der Waals surface area (Å²) in [6, 6.07) is 12.1. The van der Waals surface area contributed by atoms with Gasteiger partial charge in [-0.1, -0.05) is 30.3 Å². The van der Waals surface area contributed by atoms with Crippen LogP contribution in [0.5, 0.6) is 0 Å². The normalized spacial score (nSPS) is 10.8. The van der Waals surface area contributed by atoms with Crippen molar-refractivity contribution in [3.05, 3.63) is 66.4 Å². The van der Waals surface area contributed by atoms with E-state index >= 15 is 0 Å². The minimum atomic E-state index is 0.412. The zero-order valence-corrected chi connectivity index (χ0v) is 10.5. The largest absolute Gasteiger partial charge is 0.468 e. The van der Waals surface area contributed by atoms with Crippen molar-refractivity contribution in [2.45, 2.75) is 13.1 Å². The summed E-state index contributed by atoms with van der Waals surface area (Å²) in [7, 11) is 0. The number of hydrogen-bond donors (Lipinski definition) is 1. The van der Waals surface area contributed by atoms with E-state index in [0.717, 1.165) is 16.9 Å². The Morgan fingerprint density at radius 2 is 1.95 bits per heavy atom. The fourth-order valence-electron chi connectivity index (χ4n) is 2.09. The molecule has 96 valence electrons. The number of benzene rings is 1. The molecule has 0 unspecified atom stereocenters. The van der Waals surface area contributed by atoms with Crippen molar-refractivity contribution >= 4 is 0 Å². The van der Waals surface area contributed by atoms with E-state index in [1.807, 2.05) is 41.3 Å². The molecule has 0 aliphatic carbocycles. The molecule has 4 heteroatoms. The molecule has 0 amide bonds. The van der Waals surface area contributed by atoms with Crippen molar-refractivity contribution in [1.82, 2.24) is 9.78 Å². The van der Waals surface area contributed by atoms with Gasteiger partial charge in [0.1, 0.15) is 5.76 Å². The first-order valence-corrected chi connectivity index (χ1v) is 6.20. The van der Waals surface area contributed by atoms with Crippen LogP contribution in [0.2, 0.25) is 0 Å². The topological polar surface area (TPSA) is 57.0 Å². The molecule has 4 nitrogen and oxygen atoms in total. The van der Waals surface area contributed by atoms with Gasteiger partial charge in [0, 0.05) is 17.3 Å². The van der Waals surface area contributed by atoms with Crippen molar-refractivity contribution in [2.24, 2.45) is 5.73 Å². The van der Waals surface area contributed by atoms with Crippen LogP contribution in [0.4, 0.5) is 0 Å². The first kappa shape index (κ1) is 11.7. The number of nitrogens with two attached hydrogens (primary N) is 1. The van der Waals surface area contributed by atoms with Gasteiger partial charge in [-0.3, -0.25) is 4.68 Å². The standard InChI is InChI=1S/C15H15N3O/c16-8-15-13(6-7-19-15)10-18-11-14(9-17-18)12-4-2-1-3-5-12/h1-7,9,11H,8,10,16H2. The van der Waals surface area contributed by atoms with Crippen LogP contribution >= 0.6 is 0 Å². The molecule has 0 fully saturated rings. The van der Waals surface area contributed by atoms with Gasteiger partial charge in [0.15, 0.2) is 0 Å². The summed E-state index contributed by atoms with van der Waals surface area (Å²) in [6.07, 6.45) is 5.57. The lowest BCUT2D eigenvalue weighted by Crippen LogP contribution is -2.04. The van der Waals surface area contributed by atoms with Gasteiger partial charge in [-0.15, -0.1) is 0 Å². The Morgan fingerprint density at radius 1 is 1.11 bits per heavy atom. The maximum Gasteiger partial charge on any atom is 0.122 e. The smallest absolute Gasteiger partial charge is 0.122 e. The van der Waals surface area contributed by atoms with Gasteiger partial charge in [-0.05, 0) is 11.6 Å². The van der Waals surface area contributed by atoms with Gasteiger partial charge in [0.2, 0.25) is 0 Å². The number of rotatable bonds is 4. The van der Waals surface area contributed by atoms with Crippen LogP contribution in [0.25, 0.3) is 11.1 Å². The maximum absolute atomic E-state index is 5.62. The molecule has 0 bridgehead atoms. The number of furan rings is 1. The predicted octanol–water partition coefficient (Wildman–Crippen LogP) is 2.65. The highest BCUT2D eigenvalue weighted by Crippen LogP contribution is 2.19. The van der Waals surface area contributed by atoms with Crippen LogP contribution in [0.3, 0.4) is 0 Å². The third-order valence-electron chi connectivity index (χ3n) is 3.10. The van der Waals surface area contributed by atoms with Crippen LogP contribution in [0.15, 0.2) is 59.5 Å². The second-order valence-electron chi connectivity index (χ2n) is 4.37. The molecule has 0 aliphatic heterocycles. The van der Waals surface area contributed by atoms with E-state index in [1.54, 1.807) is 6.26 Å². The molecule has 3 aromatic rings. The molecule has 2 N–H and O–H groups in total. The van der Waals surface area contributed by atoms with Gasteiger partial charge in [0.05, 0.1) is 25.5 Å². The molecule has 3 rings (SSSR count). The second-order valence-corrected chi connectivity index (χ2v) is 4.37. The summed E-state index contributed by atoms with van der Waals surface area (Å²) >= 11 is 0. The lowest BCUT2D eigenvalue weighted by molar-refractivity contribution is 0.503. The Morgan fingerprint density at radius 3 is 2.74 bits per heavy atom. The SMILES string of the molecule is NCc1occc1Cn1cc(-c2ccccc2)cn1. The molecular weight excluding hydrogens is 238 g/mol. The third-order valence-corrected chi connectivity index (χ3v) is 3.10. The molecule has 19 heavy (non-hydrogen) atoms.